The van der Waals surface area contributed by atoms with E-state index in [0.29, 0.717) is 12.2 Å². The summed E-state index contributed by atoms with van der Waals surface area (Å²) in [6.45, 7) is 6.36. The molecule has 0 N–H and O–H groups in total. The maximum absolute atomic E-state index is 8.80. The summed E-state index contributed by atoms with van der Waals surface area (Å²) in [5.74, 6) is 1.66. The van der Waals surface area contributed by atoms with Crippen LogP contribution in [0.2, 0.25) is 0 Å². The van der Waals surface area contributed by atoms with Gasteiger partial charge >= 0.3 is 0 Å². The van der Waals surface area contributed by atoms with Crippen LogP contribution in [-0.4, -0.2) is 31.1 Å². The number of piperidine rings is 1. The Morgan fingerprint density at radius 2 is 2.17 bits per heavy atom. The fourth-order valence-corrected chi connectivity index (χ4v) is 2.23. The molecule has 0 amide bonds. The highest BCUT2D eigenvalue weighted by Gasteiger charge is 2.14. The highest BCUT2D eigenvalue weighted by molar-refractivity contribution is 5.36. The van der Waals surface area contributed by atoms with Crippen molar-refractivity contribution in [1.29, 1.82) is 5.26 Å². The Bertz CT molecular complexity index is 417. The zero-order chi connectivity index (χ0) is 12.8. The highest BCUT2D eigenvalue weighted by Crippen LogP contribution is 2.16. The second-order valence-corrected chi connectivity index (χ2v) is 5.01. The first-order valence-corrected chi connectivity index (χ1v) is 6.63. The van der Waals surface area contributed by atoms with E-state index in [4.69, 9.17) is 10.00 Å². The lowest BCUT2D eigenvalue weighted by Gasteiger charge is -2.29. The largest absolute Gasteiger partial charge is 0.492 e. The molecule has 96 valence electrons. The van der Waals surface area contributed by atoms with Crippen LogP contribution >= 0.6 is 0 Å². The van der Waals surface area contributed by atoms with E-state index in [9.17, 15) is 0 Å². The molecule has 1 aromatic rings. The van der Waals surface area contributed by atoms with Gasteiger partial charge in [0.05, 0.1) is 11.6 Å². The van der Waals surface area contributed by atoms with Crippen LogP contribution in [0.3, 0.4) is 0 Å². The van der Waals surface area contributed by atoms with E-state index in [1.807, 2.05) is 12.1 Å². The van der Waals surface area contributed by atoms with Crippen LogP contribution in [0, 0.1) is 17.2 Å². The van der Waals surface area contributed by atoms with Gasteiger partial charge in [0.25, 0.3) is 0 Å². The average molecular weight is 244 g/mol. The molecule has 3 nitrogen and oxygen atoms in total. The molecule has 0 bridgehead atoms. The van der Waals surface area contributed by atoms with Crippen LogP contribution in [-0.2, 0) is 0 Å². The third kappa shape index (κ3) is 3.75. The molecule has 0 aliphatic carbocycles. The third-order valence-electron chi connectivity index (χ3n) is 3.52. The van der Waals surface area contributed by atoms with Gasteiger partial charge in [-0.25, -0.2) is 0 Å². The summed E-state index contributed by atoms with van der Waals surface area (Å²) in [6.07, 6.45) is 2.59. The van der Waals surface area contributed by atoms with Crippen molar-refractivity contribution in [3.05, 3.63) is 29.8 Å². The predicted octanol–water partition coefficient (Wildman–Crippen LogP) is 2.67. The number of ether oxygens (including phenoxy) is 1. The highest BCUT2D eigenvalue weighted by atomic mass is 16.5. The molecule has 0 saturated carbocycles. The molecule has 1 aliphatic heterocycles. The van der Waals surface area contributed by atoms with Gasteiger partial charge in [-0.3, -0.25) is 4.90 Å². The molecule has 3 heteroatoms. The molecule has 0 radical (unpaired) electrons. The molecule has 0 spiro atoms. The van der Waals surface area contributed by atoms with E-state index < -0.39 is 0 Å². The summed E-state index contributed by atoms with van der Waals surface area (Å²) < 4.78 is 5.69. The molecule has 18 heavy (non-hydrogen) atoms. The van der Waals surface area contributed by atoms with Gasteiger partial charge in [-0.05, 0) is 50.0 Å². The minimum atomic E-state index is 0.652. The fourth-order valence-electron chi connectivity index (χ4n) is 2.23. The van der Waals surface area contributed by atoms with Gasteiger partial charge in [0.2, 0.25) is 0 Å². The van der Waals surface area contributed by atoms with E-state index in [1.165, 1.54) is 25.9 Å². The molecule has 1 heterocycles. The van der Waals surface area contributed by atoms with E-state index in [-0.39, 0.29) is 0 Å². The van der Waals surface area contributed by atoms with Crippen molar-refractivity contribution in [2.24, 2.45) is 5.92 Å². The van der Waals surface area contributed by atoms with Crippen LogP contribution in [0.1, 0.15) is 25.3 Å². The number of hydrogen-bond donors (Lipinski definition) is 0. The maximum atomic E-state index is 8.80. The van der Waals surface area contributed by atoms with Crippen molar-refractivity contribution >= 4 is 0 Å². The van der Waals surface area contributed by atoms with Crippen LogP contribution in [0.4, 0.5) is 0 Å². The molecule has 1 fully saturated rings. The predicted molar refractivity (Wildman–Crippen MR) is 71.5 cm³/mol. The van der Waals surface area contributed by atoms with Crippen LogP contribution in [0.15, 0.2) is 24.3 Å². The first kappa shape index (κ1) is 12.9. The van der Waals surface area contributed by atoms with Crippen molar-refractivity contribution in [2.75, 3.05) is 26.2 Å². The molecule has 0 unspecified atom stereocenters. The molecule has 0 atom stereocenters. The Morgan fingerprint density at radius 3 is 2.89 bits per heavy atom. The maximum Gasteiger partial charge on any atom is 0.120 e. The third-order valence-corrected chi connectivity index (χ3v) is 3.52. The Kier molecular flexibility index (Phi) is 4.60. The molecule has 0 aromatic heterocycles. The number of nitrogens with zero attached hydrogens (tertiary/aromatic N) is 2. The van der Waals surface area contributed by atoms with Gasteiger partial charge in [0, 0.05) is 6.54 Å². The quantitative estimate of drug-likeness (QED) is 0.817. The minimum absolute atomic E-state index is 0.652. The molecular formula is C15H20N2O. The lowest BCUT2D eigenvalue weighted by Crippen LogP contribution is -2.35. The number of nitriles is 1. The minimum Gasteiger partial charge on any atom is -0.492 e. The monoisotopic (exact) mass is 244 g/mol. The van der Waals surface area contributed by atoms with E-state index in [2.05, 4.69) is 17.9 Å². The van der Waals surface area contributed by atoms with Gasteiger partial charge in [-0.1, -0.05) is 13.0 Å². The van der Waals surface area contributed by atoms with Crippen molar-refractivity contribution < 1.29 is 4.74 Å². The molecule has 2 rings (SSSR count). The van der Waals surface area contributed by atoms with Gasteiger partial charge in [0.1, 0.15) is 12.4 Å². The SMILES string of the molecule is CC1CCN(CCOc2cccc(C#N)c2)CC1. The topological polar surface area (TPSA) is 36.3 Å². The second kappa shape index (κ2) is 6.42. The Morgan fingerprint density at radius 1 is 1.39 bits per heavy atom. The normalized spacial score (nSPS) is 17.3. The average Bonchev–Trinajstić information content (AvgIpc) is 2.41. The van der Waals surface area contributed by atoms with Gasteiger partial charge in [-0.15, -0.1) is 0 Å². The first-order chi connectivity index (χ1) is 8.78. The molecule has 1 saturated heterocycles. The Labute approximate surface area is 109 Å². The van der Waals surface area contributed by atoms with Crippen molar-refractivity contribution in [3.63, 3.8) is 0 Å². The number of rotatable bonds is 4. The van der Waals surface area contributed by atoms with Crippen LogP contribution in [0.5, 0.6) is 5.75 Å². The zero-order valence-electron chi connectivity index (χ0n) is 10.9. The van der Waals surface area contributed by atoms with E-state index >= 15 is 0 Å². The van der Waals surface area contributed by atoms with E-state index in [0.717, 1.165) is 18.2 Å². The lowest BCUT2D eigenvalue weighted by atomic mass is 9.99. The lowest BCUT2D eigenvalue weighted by molar-refractivity contribution is 0.160. The van der Waals surface area contributed by atoms with Gasteiger partial charge < -0.3 is 4.74 Å². The number of likely N-dealkylation sites (tertiary alicyclic amines) is 1. The summed E-state index contributed by atoms with van der Waals surface area (Å²) in [5.41, 5.74) is 0.652. The summed E-state index contributed by atoms with van der Waals surface area (Å²) >= 11 is 0. The first-order valence-electron chi connectivity index (χ1n) is 6.63. The summed E-state index contributed by atoms with van der Waals surface area (Å²) in [7, 11) is 0. The van der Waals surface area contributed by atoms with Gasteiger partial charge in [0.15, 0.2) is 0 Å². The fraction of sp³-hybridized carbons (Fsp3) is 0.533. The smallest absolute Gasteiger partial charge is 0.120 e. The summed E-state index contributed by atoms with van der Waals surface area (Å²) in [5, 5.41) is 8.80. The Balaban J connectivity index is 1.73. The zero-order valence-corrected chi connectivity index (χ0v) is 10.9. The van der Waals surface area contributed by atoms with Crippen molar-refractivity contribution in [3.8, 4) is 11.8 Å². The van der Waals surface area contributed by atoms with Crippen molar-refractivity contribution in [2.45, 2.75) is 19.8 Å². The van der Waals surface area contributed by atoms with E-state index in [1.54, 1.807) is 12.1 Å². The molecule has 1 aromatic carbocycles. The molecule has 1 aliphatic rings. The Hall–Kier alpha value is -1.53. The number of benzene rings is 1. The second-order valence-electron chi connectivity index (χ2n) is 5.01. The summed E-state index contributed by atoms with van der Waals surface area (Å²) in [4.78, 5) is 2.45. The van der Waals surface area contributed by atoms with Gasteiger partial charge in [-0.2, -0.15) is 5.26 Å². The standard InChI is InChI=1S/C15H20N2O/c1-13-5-7-17(8-6-13)9-10-18-15-4-2-3-14(11-15)12-16/h2-4,11,13H,5-10H2,1H3. The van der Waals surface area contributed by atoms with Crippen LogP contribution in [0.25, 0.3) is 0 Å². The molecular weight excluding hydrogens is 224 g/mol. The summed E-state index contributed by atoms with van der Waals surface area (Å²) in [6, 6.07) is 9.46. The number of hydrogen-bond acceptors (Lipinski definition) is 3. The van der Waals surface area contributed by atoms with Crippen LogP contribution < -0.4 is 4.74 Å². The van der Waals surface area contributed by atoms with Crippen molar-refractivity contribution in [1.82, 2.24) is 4.90 Å².